The van der Waals surface area contributed by atoms with Gasteiger partial charge in [0.05, 0.1) is 11.9 Å². The maximum atomic E-state index is 4.78. The van der Waals surface area contributed by atoms with Crippen molar-refractivity contribution >= 4 is 44.4 Å². The molecule has 0 bridgehead atoms. The molecule has 4 rings (SSSR count). The topological polar surface area (TPSA) is 45.4 Å². The number of rotatable bonds is 3. The van der Waals surface area contributed by atoms with E-state index in [2.05, 4.69) is 56.4 Å². The molecule has 0 amide bonds. The lowest BCUT2D eigenvalue weighted by molar-refractivity contribution is 0.848. The lowest BCUT2D eigenvalue weighted by Gasteiger charge is -2.05. The van der Waals surface area contributed by atoms with Gasteiger partial charge in [0.1, 0.15) is 0 Å². The number of hydrogen-bond donors (Lipinski definition) is 1. The first-order valence-corrected chi connectivity index (χ1v) is 9.86. The molecule has 130 valence electrons. The van der Waals surface area contributed by atoms with Crippen molar-refractivity contribution in [3.8, 4) is 11.3 Å². The van der Waals surface area contributed by atoms with Crippen LogP contribution in [0.1, 0.15) is 11.3 Å². The summed E-state index contributed by atoms with van der Waals surface area (Å²) in [6, 6.07) is 16.4. The number of hydrogen-bond acceptors (Lipinski definition) is 3. The Hall–Kier alpha value is -2.44. The average molecular weight is 425 g/mol. The van der Waals surface area contributed by atoms with Gasteiger partial charge in [-0.1, -0.05) is 52.3 Å². The SMILES string of the molecule is CN=c1scc(-c2ccccc2Br)n1N=Cc1c(C)[nH]c2ccccc12. The highest BCUT2D eigenvalue weighted by Gasteiger charge is 2.11. The van der Waals surface area contributed by atoms with Gasteiger partial charge in [0.15, 0.2) is 0 Å². The summed E-state index contributed by atoms with van der Waals surface area (Å²) in [6.07, 6.45) is 1.91. The Morgan fingerprint density at radius 1 is 1.12 bits per heavy atom. The van der Waals surface area contributed by atoms with E-state index in [1.807, 2.05) is 41.2 Å². The third-order valence-corrected chi connectivity index (χ3v) is 5.87. The van der Waals surface area contributed by atoms with E-state index in [-0.39, 0.29) is 0 Å². The molecule has 6 heteroatoms. The van der Waals surface area contributed by atoms with Gasteiger partial charge < -0.3 is 4.98 Å². The predicted octanol–water partition coefficient (Wildman–Crippen LogP) is 5.18. The summed E-state index contributed by atoms with van der Waals surface area (Å²) in [7, 11) is 1.79. The van der Waals surface area contributed by atoms with Gasteiger partial charge in [-0.15, -0.1) is 11.3 Å². The third-order valence-electron chi connectivity index (χ3n) is 4.27. The zero-order valence-electron chi connectivity index (χ0n) is 14.4. The third kappa shape index (κ3) is 2.95. The lowest BCUT2D eigenvalue weighted by Crippen LogP contribution is -2.11. The molecule has 4 nitrogen and oxygen atoms in total. The minimum atomic E-state index is 0.851. The zero-order chi connectivity index (χ0) is 18.1. The highest BCUT2D eigenvalue weighted by atomic mass is 79.9. The standard InChI is InChI=1S/C20H17BrN4S/c1-13-16(14-7-4-6-10-18(14)24-13)11-23-25-19(12-26-20(25)22-2)15-8-3-5-9-17(15)21/h3-12,24H,1-2H3. The minimum absolute atomic E-state index is 0.851. The van der Waals surface area contributed by atoms with Gasteiger partial charge in [-0.25, -0.2) is 4.68 Å². The van der Waals surface area contributed by atoms with Gasteiger partial charge in [0.2, 0.25) is 4.80 Å². The number of nitrogens with one attached hydrogen (secondary N) is 1. The molecule has 0 aliphatic carbocycles. The van der Waals surface area contributed by atoms with Crippen molar-refractivity contribution in [2.24, 2.45) is 10.1 Å². The average Bonchev–Trinajstić information content (AvgIpc) is 3.20. The van der Waals surface area contributed by atoms with Gasteiger partial charge in [0.25, 0.3) is 0 Å². The van der Waals surface area contributed by atoms with E-state index in [0.717, 1.165) is 37.3 Å². The molecule has 4 aromatic rings. The van der Waals surface area contributed by atoms with Crippen molar-refractivity contribution in [2.75, 3.05) is 7.05 Å². The second kappa shape index (κ2) is 7.05. The fourth-order valence-electron chi connectivity index (χ4n) is 3.00. The van der Waals surface area contributed by atoms with E-state index in [0.29, 0.717) is 0 Å². The fraction of sp³-hybridized carbons (Fsp3) is 0.100. The molecule has 2 aromatic heterocycles. The van der Waals surface area contributed by atoms with Gasteiger partial charge in [-0.3, -0.25) is 4.99 Å². The molecular weight excluding hydrogens is 408 g/mol. The highest BCUT2D eigenvalue weighted by molar-refractivity contribution is 9.10. The van der Waals surface area contributed by atoms with E-state index in [1.165, 1.54) is 5.39 Å². The molecular formula is C20H17BrN4S. The van der Waals surface area contributed by atoms with Crippen LogP contribution in [0.25, 0.3) is 22.2 Å². The molecule has 0 unspecified atom stereocenters. The van der Waals surface area contributed by atoms with Gasteiger partial charge in [-0.2, -0.15) is 5.10 Å². The van der Waals surface area contributed by atoms with E-state index in [9.17, 15) is 0 Å². The Bertz CT molecular complexity index is 1180. The number of aromatic amines is 1. The molecule has 0 atom stereocenters. The number of halogens is 1. The summed E-state index contributed by atoms with van der Waals surface area (Å²) in [4.78, 5) is 8.64. The first kappa shape index (κ1) is 17.0. The van der Waals surface area contributed by atoms with Crippen LogP contribution in [-0.2, 0) is 0 Å². The molecule has 0 saturated heterocycles. The van der Waals surface area contributed by atoms with Crippen molar-refractivity contribution in [3.63, 3.8) is 0 Å². The maximum absolute atomic E-state index is 4.78. The van der Waals surface area contributed by atoms with Crippen molar-refractivity contribution in [1.82, 2.24) is 9.66 Å². The summed E-state index contributed by atoms with van der Waals surface area (Å²) in [6.45, 7) is 2.07. The van der Waals surface area contributed by atoms with Crippen LogP contribution >= 0.6 is 27.3 Å². The predicted molar refractivity (Wildman–Crippen MR) is 113 cm³/mol. The van der Waals surface area contributed by atoms with Crippen molar-refractivity contribution < 1.29 is 0 Å². The van der Waals surface area contributed by atoms with Crippen LogP contribution in [0.5, 0.6) is 0 Å². The minimum Gasteiger partial charge on any atom is -0.358 e. The van der Waals surface area contributed by atoms with E-state index < -0.39 is 0 Å². The Morgan fingerprint density at radius 3 is 2.69 bits per heavy atom. The van der Waals surface area contributed by atoms with Crippen LogP contribution in [0.2, 0.25) is 0 Å². The molecule has 0 saturated carbocycles. The van der Waals surface area contributed by atoms with Crippen LogP contribution in [0.3, 0.4) is 0 Å². The summed E-state index contributed by atoms with van der Waals surface area (Å²) in [5.74, 6) is 0. The first-order valence-electron chi connectivity index (χ1n) is 8.19. The number of nitrogens with zero attached hydrogens (tertiary/aromatic N) is 3. The number of aryl methyl sites for hydroxylation is 1. The summed E-state index contributed by atoms with van der Waals surface area (Å²) < 4.78 is 2.93. The quantitative estimate of drug-likeness (QED) is 0.440. The molecule has 0 aliphatic rings. The van der Waals surface area contributed by atoms with Crippen LogP contribution in [0.15, 0.2) is 68.5 Å². The van der Waals surface area contributed by atoms with Gasteiger partial charge in [0, 0.05) is 44.6 Å². The fourth-order valence-corrected chi connectivity index (χ4v) is 4.28. The Morgan fingerprint density at radius 2 is 1.88 bits per heavy atom. The lowest BCUT2D eigenvalue weighted by atomic mass is 10.1. The molecule has 0 spiro atoms. The van der Waals surface area contributed by atoms with Crippen LogP contribution in [0.4, 0.5) is 0 Å². The van der Waals surface area contributed by atoms with Crippen molar-refractivity contribution in [2.45, 2.75) is 6.92 Å². The molecule has 0 aliphatic heterocycles. The second-order valence-electron chi connectivity index (χ2n) is 5.87. The second-order valence-corrected chi connectivity index (χ2v) is 7.56. The Labute approximate surface area is 163 Å². The molecule has 0 fully saturated rings. The number of H-pyrrole nitrogens is 1. The summed E-state index contributed by atoms with van der Waals surface area (Å²) >= 11 is 5.21. The Balaban J connectivity index is 1.86. The maximum Gasteiger partial charge on any atom is 0.205 e. The molecule has 2 aromatic carbocycles. The normalized spacial score (nSPS) is 12.5. The van der Waals surface area contributed by atoms with Crippen LogP contribution < -0.4 is 4.80 Å². The van der Waals surface area contributed by atoms with Crippen LogP contribution in [-0.4, -0.2) is 22.9 Å². The first-order chi connectivity index (χ1) is 12.7. The number of benzene rings is 2. The van der Waals surface area contributed by atoms with Crippen molar-refractivity contribution in [1.29, 1.82) is 0 Å². The largest absolute Gasteiger partial charge is 0.358 e. The summed E-state index contributed by atoms with van der Waals surface area (Å²) in [5, 5.41) is 8.03. The van der Waals surface area contributed by atoms with E-state index in [1.54, 1.807) is 18.4 Å². The van der Waals surface area contributed by atoms with Crippen LogP contribution in [0, 0.1) is 6.92 Å². The Kier molecular flexibility index (Phi) is 4.61. The highest BCUT2D eigenvalue weighted by Crippen LogP contribution is 2.28. The van der Waals surface area contributed by atoms with E-state index in [4.69, 9.17) is 5.10 Å². The molecule has 26 heavy (non-hydrogen) atoms. The monoisotopic (exact) mass is 424 g/mol. The number of thiazole rings is 1. The number of para-hydroxylation sites is 1. The molecule has 1 N–H and O–H groups in total. The summed E-state index contributed by atoms with van der Waals surface area (Å²) in [5.41, 5.74) is 5.42. The van der Waals surface area contributed by atoms with Gasteiger partial charge in [-0.05, 0) is 19.1 Å². The molecule has 0 radical (unpaired) electrons. The smallest absolute Gasteiger partial charge is 0.205 e. The molecule has 2 heterocycles. The number of fused-ring (bicyclic) bond motifs is 1. The van der Waals surface area contributed by atoms with Crippen molar-refractivity contribution in [3.05, 3.63) is 74.4 Å². The van der Waals surface area contributed by atoms with E-state index >= 15 is 0 Å². The van der Waals surface area contributed by atoms with Gasteiger partial charge >= 0.3 is 0 Å². The number of aromatic nitrogens is 2. The zero-order valence-corrected chi connectivity index (χ0v) is 16.8.